The summed E-state index contributed by atoms with van der Waals surface area (Å²) >= 11 is 6.02. The fourth-order valence-electron chi connectivity index (χ4n) is 3.03. The fraction of sp³-hybridized carbons (Fsp3) is 0.130. The molecule has 1 N–H and O–H groups in total. The van der Waals surface area contributed by atoms with Crippen LogP contribution in [0.25, 0.3) is 22.5 Å². The number of carbonyl (C=O) groups is 1. The minimum absolute atomic E-state index is 0.0901. The van der Waals surface area contributed by atoms with Gasteiger partial charge in [-0.3, -0.25) is 9.59 Å². The Hall–Kier alpha value is -3.71. The van der Waals surface area contributed by atoms with Crippen LogP contribution in [0.3, 0.4) is 0 Å². The molecule has 0 unspecified atom stereocenters. The summed E-state index contributed by atoms with van der Waals surface area (Å²) in [4.78, 5) is 25.6. The molecule has 1 amide bonds. The van der Waals surface area contributed by atoms with Gasteiger partial charge in [0, 0.05) is 5.02 Å². The Morgan fingerprint density at radius 1 is 1.10 bits per heavy atom. The van der Waals surface area contributed by atoms with Gasteiger partial charge in [-0.05, 0) is 49.4 Å². The Kier molecular flexibility index (Phi) is 5.95. The van der Waals surface area contributed by atoms with Crippen LogP contribution in [0, 0.1) is 0 Å². The summed E-state index contributed by atoms with van der Waals surface area (Å²) in [6.45, 7) is 1.88. The first kappa shape index (κ1) is 20.6. The highest BCUT2D eigenvalue weighted by molar-refractivity contribution is 6.31. The van der Waals surface area contributed by atoms with Gasteiger partial charge in [0.15, 0.2) is 12.4 Å². The summed E-state index contributed by atoms with van der Waals surface area (Å²) in [5, 5.41) is 3.33. The molecular formula is C23H18ClNO6. The molecule has 0 saturated heterocycles. The molecule has 31 heavy (non-hydrogen) atoms. The maximum Gasteiger partial charge on any atom is 0.262 e. The Morgan fingerprint density at radius 3 is 2.71 bits per heavy atom. The average molecular weight is 440 g/mol. The van der Waals surface area contributed by atoms with Gasteiger partial charge in [-0.1, -0.05) is 23.7 Å². The predicted octanol–water partition coefficient (Wildman–Crippen LogP) is 5.12. The van der Waals surface area contributed by atoms with E-state index in [0.29, 0.717) is 34.4 Å². The number of amides is 1. The van der Waals surface area contributed by atoms with Gasteiger partial charge in [-0.2, -0.15) is 0 Å². The lowest BCUT2D eigenvalue weighted by molar-refractivity contribution is -0.118. The number of para-hydroxylation sites is 2. The summed E-state index contributed by atoms with van der Waals surface area (Å²) in [6, 6.07) is 15.0. The Bertz CT molecular complexity index is 1280. The lowest BCUT2D eigenvalue weighted by atomic mass is 10.2. The minimum atomic E-state index is -0.469. The van der Waals surface area contributed by atoms with Crippen molar-refractivity contribution in [3.05, 3.63) is 76.1 Å². The number of hydrogen-bond acceptors (Lipinski definition) is 6. The van der Waals surface area contributed by atoms with Crippen LogP contribution in [-0.2, 0) is 4.79 Å². The molecule has 0 spiro atoms. The van der Waals surface area contributed by atoms with E-state index in [1.165, 1.54) is 12.3 Å². The lowest BCUT2D eigenvalue weighted by Crippen LogP contribution is -2.23. The molecule has 2 aromatic heterocycles. The van der Waals surface area contributed by atoms with E-state index in [0.717, 1.165) is 0 Å². The Balaban J connectivity index is 1.63. The second kappa shape index (κ2) is 8.97. The number of benzene rings is 2. The molecule has 0 atom stereocenters. The zero-order valence-electron chi connectivity index (χ0n) is 16.5. The van der Waals surface area contributed by atoms with E-state index < -0.39 is 17.9 Å². The first-order valence-corrected chi connectivity index (χ1v) is 9.89. The normalized spacial score (nSPS) is 10.8. The molecule has 0 radical (unpaired) electrons. The van der Waals surface area contributed by atoms with Crippen molar-refractivity contribution in [2.45, 2.75) is 6.92 Å². The van der Waals surface area contributed by atoms with Crippen LogP contribution in [0.5, 0.6) is 11.5 Å². The van der Waals surface area contributed by atoms with E-state index >= 15 is 0 Å². The largest absolute Gasteiger partial charge is 0.492 e. The monoisotopic (exact) mass is 439 g/mol. The van der Waals surface area contributed by atoms with Crippen molar-refractivity contribution in [2.75, 3.05) is 18.5 Å². The average Bonchev–Trinajstić information content (AvgIpc) is 3.30. The summed E-state index contributed by atoms with van der Waals surface area (Å²) < 4.78 is 22.3. The number of hydrogen-bond donors (Lipinski definition) is 1. The molecule has 0 aliphatic rings. The van der Waals surface area contributed by atoms with Crippen molar-refractivity contribution in [2.24, 2.45) is 0 Å². The highest BCUT2D eigenvalue weighted by Gasteiger charge is 2.21. The van der Waals surface area contributed by atoms with E-state index in [1.54, 1.807) is 48.5 Å². The molecule has 2 aromatic carbocycles. The Labute approximate surface area is 182 Å². The smallest absolute Gasteiger partial charge is 0.262 e. The predicted molar refractivity (Wildman–Crippen MR) is 117 cm³/mol. The molecule has 0 saturated carbocycles. The summed E-state index contributed by atoms with van der Waals surface area (Å²) in [5.74, 6) is 0.314. The SMILES string of the molecule is CCOc1ccccc1NC(=O)COc1c(-c2ccco2)oc2ccc(Cl)cc2c1=O. The van der Waals surface area contributed by atoms with Crippen molar-refractivity contribution in [3.63, 3.8) is 0 Å². The van der Waals surface area contributed by atoms with Crippen LogP contribution in [0.1, 0.15) is 6.92 Å². The van der Waals surface area contributed by atoms with Crippen molar-refractivity contribution in [3.8, 4) is 23.0 Å². The standard InChI is InChI=1S/C23H18ClNO6/c1-2-28-18-7-4-3-6-16(18)25-20(26)13-30-23-21(27)15-12-14(24)9-10-17(15)31-22(23)19-8-5-11-29-19/h3-12H,2,13H2,1H3,(H,25,26). The van der Waals surface area contributed by atoms with Crippen LogP contribution in [0.2, 0.25) is 5.02 Å². The molecule has 2 heterocycles. The van der Waals surface area contributed by atoms with Crippen LogP contribution < -0.4 is 20.2 Å². The zero-order valence-corrected chi connectivity index (χ0v) is 17.3. The zero-order chi connectivity index (χ0) is 21.8. The second-order valence-corrected chi connectivity index (χ2v) is 6.91. The first-order chi connectivity index (χ1) is 15.1. The fourth-order valence-corrected chi connectivity index (χ4v) is 3.20. The summed E-state index contributed by atoms with van der Waals surface area (Å²) in [6.07, 6.45) is 1.45. The van der Waals surface area contributed by atoms with Crippen LogP contribution in [0.4, 0.5) is 5.69 Å². The van der Waals surface area contributed by atoms with Gasteiger partial charge < -0.3 is 23.6 Å². The Morgan fingerprint density at radius 2 is 1.94 bits per heavy atom. The quantitative estimate of drug-likeness (QED) is 0.429. The van der Waals surface area contributed by atoms with E-state index in [-0.39, 0.29) is 16.9 Å². The number of rotatable bonds is 7. The third-order valence-electron chi connectivity index (χ3n) is 4.36. The van der Waals surface area contributed by atoms with Crippen LogP contribution >= 0.6 is 11.6 Å². The number of halogens is 1. The summed E-state index contributed by atoms with van der Waals surface area (Å²) in [7, 11) is 0. The van der Waals surface area contributed by atoms with E-state index in [9.17, 15) is 9.59 Å². The van der Waals surface area contributed by atoms with E-state index in [4.69, 9.17) is 29.9 Å². The van der Waals surface area contributed by atoms with Gasteiger partial charge in [-0.15, -0.1) is 0 Å². The minimum Gasteiger partial charge on any atom is -0.492 e. The van der Waals surface area contributed by atoms with Gasteiger partial charge in [0.1, 0.15) is 11.3 Å². The molecule has 0 fully saturated rings. The molecule has 158 valence electrons. The van der Waals surface area contributed by atoms with Crippen LogP contribution in [0.15, 0.2) is 74.5 Å². The van der Waals surface area contributed by atoms with Gasteiger partial charge >= 0.3 is 0 Å². The molecule has 4 aromatic rings. The number of nitrogens with one attached hydrogen (secondary N) is 1. The van der Waals surface area contributed by atoms with Crippen LogP contribution in [-0.4, -0.2) is 19.1 Å². The lowest BCUT2D eigenvalue weighted by Gasteiger charge is -2.13. The van der Waals surface area contributed by atoms with Crippen molar-refractivity contribution in [1.29, 1.82) is 0 Å². The molecule has 0 aliphatic carbocycles. The summed E-state index contributed by atoms with van der Waals surface area (Å²) in [5.41, 5.74) is 0.363. The first-order valence-electron chi connectivity index (χ1n) is 9.51. The van der Waals surface area contributed by atoms with E-state index in [2.05, 4.69) is 5.32 Å². The molecule has 8 heteroatoms. The second-order valence-electron chi connectivity index (χ2n) is 6.47. The third-order valence-corrected chi connectivity index (χ3v) is 4.60. The molecule has 0 bridgehead atoms. The molecule has 7 nitrogen and oxygen atoms in total. The van der Waals surface area contributed by atoms with Gasteiger partial charge in [0.25, 0.3) is 5.91 Å². The van der Waals surface area contributed by atoms with Gasteiger partial charge in [-0.25, -0.2) is 0 Å². The highest BCUT2D eigenvalue weighted by Crippen LogP contribution is 2.32. The molecule has 0 aliphatic heterocycles. The maximum absolute atomic E-state index is 13.1. The van der Waals surface area contributed by atoms with Crippen molar-refractivity contribution >= 4 is 34.2 Å². The third kappa shape index (κ3) is 4.41. The van der Waals surface area contributed by atoms with Gasteiger partial charge in [0.05, 0.1) is 23.9 Å². The number of fused-ring (bicyclic) bond motifs is 1. The van der Waals surface area contributed by atoms with Crippen molar-refractivity contribution in [1.82, 2.24) is 0 Å². The molecular weight excluding hydrogens is 422 g/mol. The number of furan rings is 1. The number of ether oxygens (including phenoxy) is 2. The molecule has 4 rings (SSSR count). The maximum atomic E-state index is 13.1. The van der Waals surface area contributed by atoms with Gasteiger partial charge in [0.2, 0.25) is 16.9 Å². The number of anilines is 1. The highest BCUT2D eigenvalue weighted by atomic mass is 35.5. The van der Waals surface area contributed by atoms with E-state index in [1.807, 2.05) is 6.92 Å². The number of carbonyl (C=O) groups excluding carboxylic acids is 1. The van der Waals surface area contributed by atoms with Crippen molar-refractivity contribution < 1.29 is 23.1 Å². The topological polar surface area (TPSA) is 90.9 Å².